The van der Waals surface area contributed by atoms with E-state index in [0.29, 0.717) is 6.42 Å². The van der Waals surface area contributed by atoms with E-state index in [2.05, 4.69) is 0 Å². The van der Waals surface area contributed by atoms with E-state index in [1.165, 1.54) is 29.2 Å². The highest BCUT2D eigenvalue weighted by atomic mass is 16.6. The fourth-order valence-corrected chi connectivity index (χ4v) is 5.94. The maximum Gasteiger partial charge on any atom is 0.269 e. The minimum atomic E-state index is -0.890. The lowest BCUT2D eigenvalue weighted by Crippen LogP contribution is -2.44. The van der Waals surface area contributed by atoms with Gasteiger partial charge in [0.2, 0.25) is 11.8 Å². The predicted octanol–water partition coefficient (Wildman–Crippen LogP) is 4.03. The SMILES string of the molecule is O=C(c1ccc([N+](=O)[O-])cc1)[C@@H]1[C@@H]2C(=O)N(CCc3ccccc3)C(=O)[C@@H]2[C@@H]2c3ccccc3C=CN12. The first-order valence-corrected chi connectivity index (χ1v) is 12.2. The van der Waals surface area contributed by atoms with Gasteiger partial charge in [-0.15, -0.1) is 0 Å². The van der Waals surface area contributed by atoms with Crippen LogP contribution >= 0.6 is 0 Å². The number of nitro groups is 1. The van der Waals surface area contributed by atoms with Crippen molar-refractivity contribution in [2.45, 2.75) is 18.5 Å². The summed E-state index contributed by atoms with van der Waals surface area (Å²) in [5.41, 5.74) is 3.03. The van der Waals surface area contributed by atoms with Gasteiger partial charge in [-0.2, -0.15) is 0 Å². The molecule has 0 saturated carbocycles. The number of benzene rings is 3. The van der Waals surface area contributed by atoms with Gasteiger partial charge in [-0.3, -0.25) is 29.4 Å². The van der Waals surface area contributed by atoms with Crippen LogP contribution in [0.15, 0.2) is 85.1 Å². The van der Waals surface area contributed by atoms with Gasteiger partial charge >= 0.3 is 0 Å². The third-order valence-corrected chi connectivity index (χ3v) is 7.65. The molecule has 3 aliphatic rings. The summed E-state index contributed by atoms with van der Waals surface area (Å²) in [4.78, 5) is 55.1. The molecule has 4 atom stereocenters. The maximum atomic E-state index is 13.8. The fraction of sp³-hybridized carbons (Fsp3) is 0.207. The number of Topliss-reactive ketones (excluding diaryl/α,β-unsaturated/α-hetero) is 1. The summed E-state index contributed by atoms with van der Waals surface area (Å²) >= 11 is 0. The van der Waals surface area contributed by atoms with Crippen LogP contribution in [0.4, 0.5) is 5.69 Å². The highest BCUT2D eigenvalue weighted by molar-refractivity contribution is 6.12. The normalized spacial score (nSPS) is 23.6. The van der Waals surface area contributed by atoms with Crippen LogP contribution in [-0.4, -0.2) is 44.9 Å². The molecule has 0 N–H and O–H groups in total. The number of fused-ring (bicyclic) bond motifs is 5. The van der Waals surface area contributed by atoms with Crippen molar-refractivity contribution in [1.29, 1.82) is 0 Å². The van der Waals surface area contributed by atoms with Gasteiger partial charge in [-0.25, -0.2) is 0 Å². The molecule has 37 heavy (non-hydrogen) atoms. The van der Waals surface area contributed by atoms with E-state index < -0.39 is 28.8 Å². The Labute approximate surface area is 213 Å². The number of carbonyl (C=O) groups excluding carboxylic acids is 3. The summed E-state index contributed by atoms with van der Waals surface area (Å²) in [6.45, 7) is 0.247. The van der Waals surface area contributed by atoms with E-state index in [0.717, 1.165) is 16.7 Å². The number of ketones is 1. The third-order valence-electron chi connectivity index (χ3n) is 7.65. The lowest BCUT2D eigenvalue weighted by Gasteiger charge is -2.35. The molecule has 0 bridgehead atoms. The lowest BCUT2D eigenvalue weighted by molar-refractivity contribution is -0.384. The summed E-state index contributed by atoms with van der Waals surface area (Å²) in [5.74, 6) is -2.47. The van der Waals surface area contributed by atoms with Crippen molar-refractivity contribution in [2.75, 3.05) is 6.54 Å². The zero-order valence-electron chi connectivity index (χ0n) is 19.8. The number of hydrogen-bond donors (Lipinski definition) is 0. The van der Waals surface area contributed by atoms with Crippen LogP contribution < -0.4 is 0 Å². The van der Waals surface area contributed by atoms with E-state index in [1.807, 2.05) is 65.6 Å². The van der Waals surface area contributed by atoms with Crippen molar-refractivity contribution in [3.05, 3.63) is 117 Å². The quantitative estimate of drug-likeness (QED) is 0.222. The lowest BCUT2D eigenvalue weighted by atomic mass is 9.83. The minimum Gasteiger partial charge on any atom is -0.358 e. The topological polar surface area (TPSA) is 101 Å². The van der Waals surface area contributed by atoms with Gasteiger partial charge in [0.05, 0.1) is 22.8 Å². The first kappa shape index (κ1) is 22.8. The summed E-state index contributed by atoms with van der Waals surface area (Å²) in [5, 5.41) is 11.1. The molecule has 0 aromatic heterocycles. The van der Waals surface area contributed by atoms with E-state index in [9.17, 15) is 24.5 Å². The zero-order valence-corrected chi connectivity index (χ0v) is 19.8. The van der Waals surface area contributed by atoms with Crippen LogP contribution in [0.2, 0.25) is 0 Å². The van der Waals surface area contributed by atoms with Gasteiger partial charge in [-0.05, 0) is 41.3 Å². The number of rotatable bonds is 6. The molecule has 8 nitrogen and oxygen atoms in total. The Hall–Kier alpha value is -4.59. The van der Waals surface area contributed by atoms with Crippen molar-refractivity contribution in [1.82, 2.24) is 9.80 Å². The number of carbonyl (C=O) groups is 3. The molecule has 3 aromatic carbocycles. The highest BCUT2D eigenvalue weighted by Gasteiger charge is 2.64. The second kappa shape index (κ2) is 8.81. The average Bonchev–Trinajstić information content (AvgIpc) is 3.40. The largest absolute Gasteiger partial charge is 0.358 e. The van der Waals surface area contributed by atoms with Crippen LogP contribution in [0.3, 0.4) is 0 Å². The molecule has 6 rings (SSSR count). The molecule has 0 radical (unpaired) electrons. The number of hydrogen-bond acceptors (Lipinski definition) is 6. The van der Waals surface area contributed by atoms with Gasteiger partial charge in [0, 0.05) is 30.4 Å². The van der Waals surface area contributed by atoms with Crippen LogP contribution in [0.5, 0.6) is 0 Å². The summed E-state index contributed by atoms with van der Waals surface area (Å²) in [6, 6.07) is 21.4. The van der Waals surface area contributed by atoms with Crippen molar-refractivity contribution in [3.63, 3.8) is 0 Å². The van der Waals surface area contributed by atoms with Crippen molar-refractivity contribution in [2.24, 2.45) is 11.8 Å². The predicted molar refractivity (Wildman–Crippen MR) is 135 cm³/mol. The number of nitrogens with zero attached hydrogens (tertiary/aromatic N) is 3. The second-order valence-electron chi connectivity index (χ2n) is 9.57. The molecule has 184 valence electrons. The summed E-state index contributed by atoms with van der Waals surface area (Å²) < 4.78 is 0. The van der Waals surface area contributed by atoms with Crippen LogP contribution in [-0.2, 0) is 16.0 Å². The molecule has 3 heterocycles. The van der Waals surface area contributed by atoms with Crippen molar-refractivity contribution in [3.8, 4) is 0 Å². The van der Waals surface area contributed by atoms with Crippen molar-refractivity contribution < 1.29 is 19.3 Å². The molecule has 0 aliphatic carbocycles. The summed E-state index contributed by atoms with van der Waals surface area (Å²) in [7, 11) is 0. The van der Waals surface area contributed by atoms with Crippen LogP contribution in [0, 0.1) is 22.0 Å². The van der Waals surface area contributed by atoms with E-state index in [4.69, 9.17) is 0 Å². The molecule has 8 heteroatoms. The molecule has 2 amide bonds. The summed E-state index contributed by atoms with van der Waals surface area (Å²) in [6.07, 6.45) is 4.23. The van der Waals surface area contributed by atoms with E-state index in [1.54, 1.807) is 6.20 Å². The first-order chi connectivity index (χ1) is 18.0. The molecule has 0 unspecified atom stereocenters. The van der Waals surface area contributed by atoms with Gasteiger partial charge in [-0.1, -0.05) is 54.6 Å². The van der Waals surface area contributed by atoms with Gasteiger partial charge in [0.1, 0.15) is 6.04 Å². The number of non-ortho nitro benzene ring substituents is 1. The molecule has 2 fully saturated rings. The standard InChI is InChI=1S/C29H23N3O5/c33-27(20-10-12-21(13-11-20)32(36)37)26-24-23(25-22-9-5-4-8-19(22)15-17-30(25)26)28(34)31(29(24)35)16-14-18-6-2-1-3-7-18/h1-13,15,17,23-26H,14,16H2/t23-,24+,25-,26-/m0/s1. The Bertz CT molecular complexity index is 1450. The molecular weight excluding hydrogens is 470 g/mol. The third kappa shape index (κ3) is 3.64. The zero-order chi connectivity index (χ0) is 25.7. The number of imide groups is 1. The Morgan fingerprint density at radius 1 is 0.865 bits per heavy atom. The smallest absolute Gasteiger partial charge is 0.269 e. The first-order valence-electron chi connectivity index (χ1n) is 12.2. The highest BCUT2D eigenvalue weighted by Crippen LogP contribution is 2.53. The average molecular weight is 494 g/mol. The van der Waals surface area contributed by atoms with Gasteiger partial charge in [0.25, 0.3) is 5.69 Å². The Kier molecular flexibility index (Phi) is 5.44. The van der Waals surface area contributed by atoms with Crippen LogP contribution in [0.1, 0.15) is 33.1 Å². The molecular formula is C29H23N3O5. The second-order valence-corrected chi connectivity index (χ2v) is 9.57. The maximum absolute atomic E-state index is 13.8. The Morgan fingerprint density at radius 3 is 2.27 bits per heavy atom. The van der Waals surface area contributed by atoms with Crippen LogP contribution in [0.25, 0.3) is 6.08 Å². The monoisotopic (exact) mass is 493 g/mol. The number of likely N-dealkylation sites (tertiary alicyclic amines) is 1. The van der Waals surface area contributed by atoms with Crippen molar-refractivity contribution >= 4 is 29.4 Å². The molecule has 3 aliphatic heterocycles. The number of nitro benzene ring substituents is 1. The van der Waals surface area contributed by atoms with Gasteiger partial charge < -0.3 is 4.90 Å². The molecule has 0 spiro atoms. The fourth-order valence-electron chi connectivity index (χ4n) is 5.94. The molecule has 3 aromatic rings. The van der Waals surface area contributed by atoms with E-state index in [-0.39, 0.29) is 35.4 Å². The Morgan fingerprint density at radius 2 is 1.54 bits per heavy atom. The molecule has 2 saturated heterocycles. The Balaban J connectivity index is 1.38. The minimum absolute atomic E-state index is 0.121. The number of amides is 2. The van der Waals surface area contributed by atoms with E-state index >= 15 is 0 Å². The van der Waals surface area contributed by atoms with Gasteiger partial charge in [0.15, 0.2) is 5.78 Å².